The van der Waals surface area contributed by atoms with E-state index in [-0.39, 0.29) is 0 Å². The maximum Gasteiger partial charge on any atom is 0.132 e. The number of halogens is 1. The van der Waals surface area contributed by atoms with Crippen molar-refractivity contribution < 1.29 is 0 Å². The predicted molar refractivity (Wildman–Crippen MR) is 79.8 cm³/mol. The first-order valence-electron chi connectivity index (χ1n) is 6.66. The van der Waals surface area contributed by atoms with Crippen LogP contribution in [0.5, 0.6) is 0 Å². The van der Waals surface area contributed by atoms with Crippen molar-refractivity contribution in [3.05, 3.63) is 58.2 Å². The summed E-state index contributed by atoms with van der Waals surface area (Å²) < 4.78 is 0. The van der Waals surface area contributed by atoms with E-state index >= 15 is 0 Å². The Kier molecular flexibility index (Phi) is 3.58. The maximum absolute atomic E-state index is 9.04. The largest absolute Gasteiger partial charge is 0.352 e. The summed E-state index contributed by atoms with van der Waals surface area (Å²) in [6.07, 6.45) is 2.16. The van der Waals surface area contributed by atoms with Gasteiger partial charge in [-0.3, -0.25) is 0 Å². The number of rotatable bonds is 1. The van der Waals surface area contributed by atoms with Gasteiger partial charge in [-0.25, -0.2) is 4.98 Å². The summed E-state index contributed by atoms with van der Waals surface area (Å²) in [5.74, 6) is 0.783. The summed E-state index contributed by atoms with van der Waals surface area (Å²) in [5, 5.41) is 9.42. The molecule has 3 nitrogen and oxygen atoms in total. The number of hydrogen-bond acceptors (Lipinski definition) is 3. The monoisotopic (exact) mass is 283 g/mol. The first kappa shape index (κ1) is 13.0. The number of pyridine rings is 1. The lowest BCUT2D eigenvalue weighted by atomic mass is 10.0. The molecule has 1 aromatic carbocycles. The molecule has 3 rings (SSSR count). The van der Waals surface area contributed by atoms with Crippen molar-refractivity contribution in [2.24, 2.45) is 0 Å². The molecule has 2 heterocycles. The quantitative estimate of drug-likeness (QED) is 0.751. The molecule has 0 saturated heterocycles. The van der Waals surface area contributed by atoms with Crippen LogP contribution in [0.1, 0.15) is 23.1 Å². The van der Waals surface area contributed by atoms with Gasteiger partial charge in [0, 0.05) is 13.1 Å². The third-order valence-corrected chi connectivity index (χ3v) is 3.78. The van der Waals surface area contributed by atoms with E-state index in [1.165, 1.54) is 11.1 Å². The fraction of sp³-hybridized carbons (Fsp3) is 0.250. The summed E-state index contributed by atoms with van der Waals surface area (Å²) in [4.78, 5) is 6.55. The Morgan fingerprint density at radius 2 is 2.00 bits per heavy atom. The maximum atomic E-state index is 9.04. The highest BCUT2D eigenvalue weighted by Gasteiger charge is 2.16. The fourth-order valence-corrected chi connectivity index (χ4v) is 2.81. The molecule has 1 aliphatic heterocycles. The minimum absolute atomic E-state index is 0.372. The number of nitriles is 1. The average Bonchev–Trinajstić information content (AvgIpc) is 2.68. The first-order valence-corrected chi connectivity index (χ1v) is 7.03. The lowest BCUT2D eigenvalue weighted by molar-refractivity contribution is 0.754. The normalized spacial score (nSPS) is 14.3. The van der Waals surface area contributed by atoms with Gasteiger partial charge in [-0.15, -0.1) is 0 Å². The third kappa shape index (κ3) is 2.61. The van der Waals surface area contributed by atoms with E-state index in [4.69, 9.17) is 16.9 Å². The highest BCUT2D eigenvalue weighted by molar-refractivity contribution is 6.29. The smallest absolute Gasteiger partial charge is 0.132 e. The number of anilines is 1. The minimum atomic E-state index is 0.372. The lowest BCUT2D eigenvalue weighted by Crippen LogP contribution is -2.23. The van der Waals surface area contributed by atoms with Crippen LogP contribution in [0.3, 0.4) is 0 Å². The lowest BCUT2D eigenvalue weighted by Gasteiger charge is -2.22. The number of benzene rings is 1. The molecule has 20 heavy (non-hydrogen) atoms. The van der Waals surface area contributed by atoms with Crippen molar-refractivity contribution in [2.45, 2.75) is 19.4 Å². The zero-order chi connectivity index (χ0) is 13.9. The van der Waals surface area contributed by atoms with Crippen LogP contribution < -0.4 is 4.90 Å². The van der Waals surface area contributed by atoms with Gasteiger partial charge in [-0.05, 0) is 36.1 Å². The molecule has 1 aliphatic rings. The number of hydrogen-bond donors (Lipinski definition) is 0. The molecule has 0 fully saturated rings. The van der Waals surface area contributed by atoms with E-state index in [1.54, 1.807) is 12.1 Å². The van der Waals surface area contributed by atoms with E-state index in [9.17, 15) is 0 Å². The Balaban J connectivity index is 1.95. The summed E-state index contributed by atoms with van der Waals surface area (Å²) in [7, 11) is 0. The van der Waals surface area contributed by atoms with Crippen LogP contribution in [-0.4, -0.2) is 11.5 Å². The summed E-state index contributed by atoms with van der Waals surface area (Å²) in [6, 6.07) is 14.0. The number of fused-ring (bicyclic) bond motifs is 1. The number of nitrogens with zero attached hydrogens (tertiary/aromatic N) is 3. The van der Waals surface area contributed by atoms with Gasteiger partial charge >= 0.3 is 0 Å². The number of aryl methyl sites for hydroxylation is 1. The van der Waals surface area contributed by atoms with Crippen molar-refractivity contribution >= 4 is 17.4 Å². The van der Waals surface area contributed by atoms with Gasteiger partial charge in [0.15, 0.2) is 0 Å². The second kappa shape index (κ2) is 5.52. The Morgan fingerprint density at radius 1 is 1.20 bits per heavy atom. The molecule has 0 N–H and O–H groups in total. The summed E-state index contributed by atoms with van der Waals surface area (Å²) >= 11 is 6.00. The molecule has 0 unspecified atom stereocenters. The van der Waals surface area contributed by atoms with Gasteiger partial charge in [0.1, 0.15) is 11.0 Å². The first-order chi connectivity index (χ1) is 9.76. The standard InChI is InChI=1S/C16H14ClN3/c17-15-8-12(10-18)9-16(19-15)20-7-3-6-13-4-1-2-5-14(13)11-20/h1-2,4-5,8-9H,3,6-7,11H2. The molecule has 1 aromatic heterocycles. The Bertz CT molecular complexity index is 676. The fourth-order valence-electron chi connectivity index (χ4n) is 2.61. The van der Waals surface area contributed by atoms with E-state index in [2.05, 4.69) is 40.2 Å². The van der Waals surface area contributed by atoms with Crippen LogP contribution in [-0.2, 0) is 13.0 Å². The Morgan fingerprint density at radius 3 is 2.80 bits per heavy atom. The van der Waals surface area contributed by atoms with Gasteiger partial charge in [0.25, 0.3) is 0 Å². The summed E-state index contributed by atoms with van der Waals surface area (Å²) in [6.45, 7) is 1.74. The van der Waals surface area contributed by atoms with E-state index in [1.807, 2.05) is 0 Å². The van der Waals surface area contributed by atoms with E-state index in [0.29, 0.717) is 10.7 Å². The topological polar surface area (TPSA) is 39.9 Å². The molecule has 2 aromatic rings. The molecule has 0 atom stereocenters. The van der Waals surface area contributed by atoms with Crippen LogP contribution in [0.15, 0.2) is 36.4 Å². The van der Waals surface area contributed by atoms with Gasteiger partial charge in [0.05, 0.1) is 11.6 Å². The zero-order valence-corrected chi connectivity index (χ0v) is 11.8. The molecular formula is C16H14ClN3. The van der Waals surface area contributed by atoms with Crippen molar-refractivity contribution in [1.29, 1.82) is 5.26 Å². The number of aromatic nitrogens is 1. The molecule has 0 bridgehead atoms. The Labute approximate surface area is 123 Å². The van der Waals surface area contributed by atoms with Crippen molar-refractivity contribution in [1.82, 2.24) is 4.98 Å². The molecule has 0 saturated carbocycles. The third-order valence-electron chi connectivity index (χ3n) is 3.59. The van der Waals surface area contributed by atoms with Crippen LogP contribution >= 0.6 is 11.6 Å². The molecule has 4 heteroatoms. The average molecular weight is 284 g/mol. The molecule has 0 spiro atoms. The SMILES string of the molecule is N#Cc1cc(Cl)nc(N2CCCc3ccccc3C2)c1. The molecule has 100 valence electrons. The molecule has 0 amide bonds. The molecule has 0 aliphatic carbocycles. The van der Waals surface area contributed by atoms with Crippen molar-refractivity contribution in [3.8, 4) is 6.07 Å². The zero-order valence-electron chi connectivity index (χ0n) is 11.0. The summed E-state index contributed by atoms with van der Waals surface area (Å²) in [5.41, 5.74) is 3.28. The predicted octanol–water partition coefficient (Wildman–Crippen LogP) is 3.56. The van der Waals surface area contributed by atoms with Crippen molar-refractivity contribution in [2.75, 3.05) is 11.4 Å². The van der Waals surface area contributed by atoms with Gasteiger partial charge < -0.3 is 4.90 Å². The molecular weight excluding hydrogens is 270 g/mol. The van der Waals surface area contributed by atoms with Crippen LogP contribution in [0, 0.1) is 11.3 Å². The molecule has 0 radical (unpaired) electrons. The van der Waals surface area contributed by atoms with Gasteiger partial charge in [-0.2, -0.15) is 5.26 Å². The van der Waals surface area contributed by atoms with Gasteiger partial charge in [-0.1, -0.05) is 35.9 Å². The highest BCUT2D eigenvalue weighted by Crippen LogP contribution is 2.24. The highest BCUT2D eigenvalue weighted by atomic mass is 35.5. The van der Waals surface area contributed by atoms with Crippen molar-refractivity contribution in [3.63, 3.8) is 0 Å². The van der Waals surface area contributed by atoms with E-state index < -0.39 is 0 Å². The Hall–Kier alpha value is -2.05. The second-order valence-electron chi connectivity index (χ2n) is 4.94. The second-order valence-corrected chi connectivity index (χ2v) is 5.33. The van der Waals surface area contributed by atoms with Crippen LogP contribution in [0.4, 0.5) is 5.82 Å². The minimum Gasteiger partial charge on any atom is -0.352 e. The van der Waals surface area contributed by atoms with Crippen LogP contribution in [0.2, 0.25) is 5.15 Å². The van der Waals surface area contributed by atoms with E-state index in [0.717, 1.165) is 31.7 Å². The van der Waals surface area contributed by atoms with Gasteiger partial charge in [0.2, 0.25) is 0 Å². The van der Waals surface area contributed by atoms with Crippen LogP contribution in [0.25, 0.3) is 0 Å².